The van der Waals surface area contributed by atoms with E-state index in [2.05, 4.69) is 103 Å². The molecule has 4 heterocycles. The predicted octanol–water partition coefficient (Wildman–Crippen LogP) is 8.16. The van der Waals surface area contributed by atoms with Crippen molar-refractivity contribution in [1.82, 2.24) is 20.2 Å². The van der Waals surface area contributed by atoms with Gasteiger partial charge in [-0.2, -0.15) is 5.10 Å². The van der Waals surface area contributed by atoms with Gasteiger partial charge in [0.25, 0.3) is 0 Å². The van der Waals surface area contributed by atoms with Crippen molar-refractivity contribution in [2.24, 2.45) is 5.92 Å². The van der Waals surface area contributed by atoms with Gasteiger partial charge >= 0.3 is 0 Å². The third kappa shape index (κ3) is 5.99. The summed E-state index contributed by atoms with van der Waals surface area (Å²) in [4.78, 5) is 10.6. The summed E-state index contributed by atoms with van der Waals surface area (Å²) in [5, 5.41) is 10.6. The van der Waals surface area contributed by atoms with Crippen LogP contribution >= 0.6 is 11.3 Å². The largest absolute Gasteiger partial charge is 0.338 e. The Morgan fingerprint density at radius 3 is 2.72 bits per heavy atom. The SMILES string of the molecule is C=C\C(=C/C(=C\C)C(/C)=C/C=c1/[nH]nc(-c2cc3c(-c4ccc(C)s4)ccnc3[nH]2)c1=C)CC1CCCCC1. The monoisotopic (exact) mass is 534 g/mol. The average Bonchev–Trinajstić information content (AvgIpc) is 3.68. The second kappa shape index (κ2) is 12.0. The minimum atomic E-state index is 0.791. The summed E-state index contributed by atoms with van der Waals surface area (Å²) in [7, 11) is 0. The molecular weight excluding hydrogens is 496 g/mol. The van der Waals surface area contributed by atoms with Gasteiger partial charge in [-0.15, -0.1) is 11.3 Å². The van der Waals surface area contributed by atoms with E-state index in [0.717, 1.165) is 45.3 Å². The average molecular weight is 535 g/mol. The maximum atomic E-state index is 4.61. The molecule has 4 nitrogen and oxygen atoms in total. The van der Waals surface area contributed by atoms with Crippen molar-refractivity contribution in [3.8, 4) is 21.8 Å². The Kier molecular flexibility index (Phi) is 8.27. The molecule has 1 aliphatic rings. The van der Waals surface area contributed by atoms with Crippen molar-refractivity contribution in [2.75, 3.05) is 0 Å². The number of rotatable bonds is 8. The lowest BCUT2D eigenvalue weighted by Gasteiger charge is -2.22. The number of thiophene rings is 1. The number of H-pyrrole nitrogens is 2. The van der Waals surface area contributed by atoms with E-state index < -0.39 is 0 Å². The molecule has 39 heavy (non-hydrogen) atoms. The summed E-state index contributed by atoms with van der Waals surface area (Å²) in [6.45, 7) is 14.8. The highest BCUT2D eigenvalue weighted by molar-refractivity contribution is 7.15. The second-order valence-corrected chi connectivity index (χ2v) is 11.9. The quantitative estimate of drug-likeness (QED) is 0.224. The number of aryl methyl sites for hydroxylation is 1. The molecule has 5 heteroatoms. The summed E-state index contributed by atoms with van der Waals surface area (Å²) in [6.07, 6.45) is 20.5. The van der Waals surface area contributed by atoms with Crippen molar-refractivity contribution in [2.45, 2.75) is 59.3 Å². The lowest BCUT2D eigenvalue weighted by atomic mass is 9.84. The first-order chi connectivity index (χ1) is 19.0. The van der Waals surface area contributed by atoms with Crippen LogP contribution in [0, 0.1) is 12.8 Å². The zero-order valence-electron chi connectivity index (χ0n) is 23.3. The molecule has 1 saturated carbocycles. The van der Waals surface area contributed by atoms with E-state index in [0.29, 0.717) is 0 Å². The Balaban J connectivity index is 1.40. The summed E-state index contributed by atoms with van der Waals surface area (Å²) >= 11 is 1.79. The predicted molar refractivity (Wildman–Crippen MR) is 168 cm³/mol. The molecule has 0 aromatic carbocycles. The first-order valence-electron chi connectivity index (χ1n) is 13.9. The smallest absolute Gasteiger partial charge is 0.138 e. The molecule has 0 bridgehead atoms. The number of aromatic amines is 2. The number of hydrogen-bond acceptors (Lipinski definition) is 3. The van der Waals surface area contributed by atoms with Crippen LogP contribution in [0.5, 0.6) is 0 Å². The Morgan fingerprint density at radius 2 is 2.00 bits per heavy atom. The van der Waals surface area contributed by atoms with Crippen LogP contribution in [0.2, 0.25) is 0 Å². The number of hydrogen-bond donors (Lipinski definition) is 2. The first-order valence-corrected chi connectivity index (χ1v) is 14.7. The third-order valence-electron chi connectivity index (χ3n) is 7.81. The van der Waals surface area contributed by atoms with Gasteiger partial charge in [-0.05, 0) is 80.2 Å². The van der Waals surface area contributed by atoms with E-state index >= 15 is 0 Å². The molecule has 0 saturated heterocycles. The van der Waals surface area contributed by atoms with Crippen molar-refractivity contribution in [3.05, 3.63) is 93.5 Å². The fourth-order valence-corrected chi connectivity index (χ4v) is 6.45. The fraction of sp³-hybridized carbons (Fsp3) is 0.294. The number of fused-ring (bicyclic) bond motifs is 1. The molecule has 5 rings (SSSR count). The zero-order valence-corrected chi connectivity index (χ0v) is 24.1. The highest BCUT2D eigenvalue weighted by Crippen LogP contribution is 2.34. The molecule has 0 spiro atoms. The minimum Gasteiger partial charge on any atom is -0.338 e. The maximum absolute atomic E-state index is 4.61. The molecule has 0 unspecified atom stereocenters. The van der Waals surface area contributed by atoms with Gasteiger partial charge in [0.05, 0.1) is 11.0 Å². The van der Waals surface area contributed by atoms with E-state index in [1.165, 1.54) is 64.1 Å². The van der Waals surface area contributed by atoms with Gasteiger partial charge < -0.3 is 4.98 Å². The molecule has 0 radical (unpaired) electrons. The number of aromatic nitrogens is 4. The van der Waals surface area contributed by atoms with Gasteiger partial charge in [0, 0.05) is 32.1 Å². The summed E-state index contributed by atoms with van der Waals surface area (Å²) < 4.78 is 0. The molecule has 1 fully saturated rings. The van der Waals surface area contributed by atoms with Crippen molar-refractivity contribution in [1.29, 1.82) is 0 Å². The number of nitrogens with zero attached hydrogens (tertiary/aromatic N) is 2. The minimum absolute atomic E-state index is 0.791. The van der Waals surface area contributed by atoms with Crippen molar-refractivity contribution < 1.29 is 0 Å². The number of allylic oxidation sites excluding steroid dienone is 7. The van der Waals surface area contributed by atoms with Gasteiger partial charge in [-0.3, -0.25) is 5.10 Å². The highest BCUT2D eigenvalue weighted by atomic mass is 32.1. The molecule has 2 N–H and O–H groups in total. The molecular formula is C34H38N4S. The Labute approximate surface area is 235 Å². The highest BCUT2D eigenvalue weighted by Gasteiger charge is 2.15. The van der Waals surface area contributed by atoms with Gasteiger partial charge in [-0.25, -0.2) is 4.98 Å². The Hall–Kier alpha value is -3.70. The topological polar surface area (TPSA) is 57.4 Å². The van der Waals surface area contributed by atoms with Gasteiger partial charge in [-0.1, -0.05) is 69.6 Å². The lowest BCUT2D eigenvalue weighted by molar-refractivity contribution is 0.358. The fourth-order valence-electron chi connectivity index (χ4n) is 5.54. The molecule has 0 atom stereocenters. The first kappa shape index (κ1) is 26.9. The van der Waals surface area contributed by atoms with Crippen LogP contribution < -0.4 is 10.6 Å². The van der Waals surface area contributed by atoms with Crippen LogP contribution in [0.1, 0.15) is 57.2 Å². The molecule has 1 aliphatic carbocycles. The summed E-state index contributed by atoms with van der Waals surface area (Å²) in [5.41, 5.74) is 7.51. The normalized spacial score (nSPS) is 16.4. The maximum Gasteiger partial charge on any atom is 0.138 e. The number of pyridine rings is 1. The van der Waals surface area contributed by atoms with E-state index in [-0.39, 0.29) is 0 Å². The van der Waals surface area contributed by atoms with Crippen LogP contribution in [0.4, 0.5) is 0 Å². The van der Waals surface area contributed by atoms with Gasteiger partial charge in [0.2, 0.25) is 0 Å². The van der Waals surface area contributed by atoms with Crippen LogP contribution in [0.25, 0.3) is 45.5 Å². The molecule has 4 aromatic heterocycles. The standard InChI is InChI=1S/C34H38N4S/c1-6-25(19-26-11-9-8-10-12-26)20-27(7-2)22(3)13-15-30-24(5)33(38-37-30)31-21-29-28(17-18-35-34(29)36-31)32-16-14-23(4)39-32/h6-7,13-18,20-21,26,37H,1,5,8-12,19H2,2-4H3,(H,35,36)/b22-13+,25-20+,27-7+,30-15+. The summed E-state index contributed by atoms with van der Waals surface area (Å²) in [5.74, 6) is 0.791. The van der Waals surface area contributed by atoms with E-state index in [1.807, 2.05) is 12.3 Å². The third-order valence-corrected chi connectivity index (χ3v) is 8.84. The molecule has 4 aromatic rings. The van der Waals surface area contributed by atoms with Crippen LogP contribution in [-0.4, -0.2) is 20.2 Å². The van der Waals surface area contributed by atoms with Crippen LogP contribution in [0.3, 0.4) is 0 Å². The second-order valence-electron chi connectivity index (χ2n) is 10.6. The zero-order chi connectivity index (χ0) is 27.4. The molecule has 200 valence electrons. The molecule has 0 amide bonds. The Morgan fingerprint density at radius 1 is 1.18 bits per heavy atom. The lowest BCUT2D eigenvalue weighted by Crippen LogP contribution is -2.21. The van der Waals surface area contributed by atoms with Crippen molar-refractivity contribution >= 4 is 35.0 Å². The number of nitrogens with one attached hydrogen (secondary N) is 2. The van der Waals surface area contributed by atoms with Crippen LogP contribution in [0.15, 0.2) is 78.1 Å². The van der Waals surface area contributed by atoms with Crippen LogP contribution in [-0.2, 0) is 0 Å². The molecule has 0 aliphatic heterocycles. The Bertz CT molecular complexity index is 1680. The van der Waals surface area contributed by atoms with Crippen molar-refractivity contribution in [3.63, 3.8) is 0 Å². The van der Waals surface area contributed by atoms with E-state index in [9.17, 15) is 0 Å². The van der Waals surface area contributed by atoms with E-state index in [4.69, 9.17) is 0 Å². The van der Waals surface area contributed by atoms with E-state index in [1.54, 1.807) is 11.3 Å². The van der Waals surface area contributed by atoms with Gasteiger partial charge in [0.1, 0.15) is 11.3 Å². The van der Waals surface area contributed by atoms with Gasteiger partial charge in [0.15, 0.2) is 0 Å². The summed E-state index contributed by atoms with van der Waals surface area (Å²) in [6, 6.07) is 8.54.